The summed E-state index contributed by atoms with van der Waals surface area (Å²) < 4.78 is 0. The highest BCUT2D eigenvalue weighted by Crippen LogP contribution is 2.36. The molecule has 20 heavy (non-hydrogen) atoms. The molecule has 110 valence electrons. The predicted octanol–water partition coefficient (Wildman–Crippen LogP) is 1.89. The number of benzene rings is 1. The number of nitrogens with zero attached hydrogens (tertiary/aromatic N) is 1. The van der Waals surface area contributed by atoms with Gasteiger partial charge in [0.2, 0.25) is 5.91 Å². The molecule has 0 aromatic heterocycles. The molecule has 1 aliphatic rings. The number of amides is 1. The quantitative estimate of drug-likeness (QED) is 0.882. The molecule has 0 heterocycles. The molecule has 1 saturated carbocycles. The Kier molecular flexibility index (Phi) is 4.33. The lowest BCUT2D eigenvalue weighted by molar-refractivity contribution is -0.130. The molecule has 3 N–H and O–H groups in total. The second kappa shape index (κ2) is 5.83. The number of rotatable bonds is 4. The van der Waals surface area contributed by atoms with Crippen molar-refractivity contribution in [3.8, 4) is 0 Å². The van der Waals surface area contributed by atoms with Gasteiger partial charge in [-0.2, -0.15) is 0 Å². The van der Waals surface area contributed by atoms with Crippen LogP contribution in [0.3, 0.4) is 0 Å². The second-order valence-corrected chi connectivity index (χ2v) is 6.16. The topological polar surface area (TPSA) is 58.4 Å². The van der Waals surface area contributed by atoms with Crippen LogP contribution in [0.2, 0.25) is 0 Å². The minimum Gasteiger partial charge on any atom is -0.378 e. The van der Waals surface area contributed by atoms with Crippen LogP contribution in [-0.2, 0) is 11.3 Å². The normalized spacial score (nSPS) is 25.5. The minimum atomic E-state index is -0.399. The Hall–Kier alpha value is -1.55. The molecule has 0 bridgehead atoms. The van der Waals surface area contributed by atoms with Gasteiger partial charge in [0.25, 0.3) is 0 Å². The Labute approximate surface area is 121 Å². The third-order valence-corrected chi connectivity index (χ3v) is 4.45. The number of anilines is 1. The summed E-state index contributed by atoms with van der Waals surface area (Å²) in [6, 6.07) is 8.20. The van der Waals surface area contributed by atoms with E-state index in [2.05, 4.69) is 22.3 Å². The molecule has 1 aliphatic carbocycles. The van der Waals surface area contributed by atoms with Crippen molar-refractivity contribution in [3.05, 3.63) is 29.8 Å². The zero-order valence-corrected chi connectivity index (χ0v) is 12.6. The fraction of sp³-hybridized carbons (Fsp3) is 0.562. The van der Waals surface area contributed by atoms with Gasteiger partial charge in [-0.15, -0.1) is 0 Å². The van der Waals surface area contributed by atoms with Gasteiger partial charge in [0.05, 0.1) is 5.41 Å². The van der Waals surface area contributed by atoms with Crippen molar-refractivity contribution in [1.82, 2.24) is 5.32 Å². The van der Waals surface area contributed by atoms with E-state index in [-0.39, 0.29) is 11.9 Å². The van der Waals surface area contributed by atoms with E-state index in [1.807, 2.05) is 33.2 Å². The molecule has 1 aromatic rings. The van der Waals surface area contributed by atoms with E-state index in [0.29, 0.717) is 6.54 Å². The van der Waals surface area contributed by atoms with Gasteiger partial charge in [-0.25, -0.2) is 0 Å². The average molecular weight is 275 g/mol. The Morgan fingerprint density at radius 1 is 1.40 bits per heavy atom. The van der Waals surface area contributed by atoms with Gasteiger partial charge >= 0.3 is 0 Å². The molecule has 1 amide bonds. The van der Waals surface area contributed by atoms with Gasteiger partial charge in [0, 0.05) is 32.4 Å². The molecule has 0 radical (unpaired) electrons. The van der Waals surface area contributed by atoms with Crippen LogP contribution in [0.5, 0.6) is 0 Å². The summed E-state index contributed by atoms with van der Waals surface area (Å²) >= 11 is 0. The molecule has 2 atom stereocenters. The lowest BCUT2D eigenvalue weighted by Crippen LogP contribution is -2.47. The third-order valence-electron chi connectivity index (χ3n) is 4.45. The Morgan fingerprint density at radius 3 is 2.55 bits per heavy atom. The maximum absolute atomic E-state index is 12.3. The molecular formula is C16H25N3O. The Balaban J connectivity index is 1.93. The lowest BCUT2D eigenvalue weighted by Gasteiger charge is -2.27. The van der Waals surface area contributed by atoms with Crippen molar-refractivity contribution in [2.45, 2.75) is 38.8 Å². The number of carbonyl (C=O) groups excluding carboxylic acids is 1. The molecule has 4 heteroatoms. The minimum absolute atomic E-state index is 0.0152. The standard InChI is InChI=1S/C16H25N3O/c1-16(10-4-5-14(16)17)15(20)18-11-12-6-8-13(9-7-12)19(2)3/h6-9,14H,4-5,10-11,17H2,1-3H3,(H,18,20). The van der Waals surface area contributed by atoms with E-state index in [0.717, 1.165) is 30.5 Å². The summed E-state index contributed by atoms with van der Waals surface area (Å²) in [6.07, 6.45) is 2.88. The number of hydrogen-bond donors (Lipinski definition) is 2. The van der Waals surface area contributed by atoms with Crippen molar-refractivity contribution >= 4 is 11.6 Å². The second-order valence-electron chi connectivity index (χ2n) is 6.16. The van der Waals surface area contributed by atoms with Crippen LogP contribution < -0.4 is 16.0 Å². The molecule has 1 aromatic carbocycles. The summed E-state index contributed by atoms with van der Waals surface area (Å²) in [5.41, 5.74) is 7.94. The fourth-order valence-electron chi connectivity index (χ4n) is 2.77. The van der Waals surface area contributed by atoms with Gasteiger partial charge in [0.15, 0.2) is 0 Å². The zero-order valence-electron chi connectivity index (χ0n) is 12.6. The molecule has 1 fully saturated rings. The van der Waals surface area contributed by atoms with Gasteiger partial charge in [-0.3, -0.25) is 4.79 Å². The van der Waals surface area contributed by atoms with E-state index in [9.17, 15) is 4.79 Å². The molecule has 0 saturated heterocycles. The fourth-order valence-corrected chi connectivity index (χ4v) is 2.77. The predicted molar refractivity (Wildman–Crippen MR) is 82.5 cm³/mol. The number of carbonyl (C=O) groups is 1. The van der Waals surface area contributed by atoms with Crippen LogP contribution in [-0.4, -0.2) is 26.0 Å². The molecule has 0 spiro atoms. The van der Waals surface area contributed by atoms with Crippen molar-refractivity contribution in [2.75, 3.05) is 19.0 Å². The Morgan fingerprint density at radius 2 is 2.05 bits per heavy atom. The van der Waals surface area contributed by atoms with Crippen LogP contribution in [0.15, 0.2) is 24.3 Å². The SMILES string of the molecule is CN(C)c1ccc(CNC(=O)C2(C)CCCC2N)cc1. The van der Waals surface area contributed by atoms with Crippen LogP contribution in [0.25, 0.3) is 0 Å². The van der Waals surface area contributed by atoms with Crippen molar-refractivity contribution in [3.63, 3.8) is 0 Å². The van der Waals surface area contributed by atoms with Crippen LogP contribution >= 0.6 is 0 Å². The van der Waals surface area contributed by atoms with Crippen LogP contribution in [0, 0.1) is 5.41 Å². The van der Waals surface area contributed by atoms with E-state index >= 15 is 0 Å². The molecule has 4 nitrogen and oxygen atoms in total. The smallest absolute Gasteiger partial charge is 0.227 e. The first-order valence-corrected chi connectivity index (χ1v) is 7.23. The summed E-state index contributed by atoms with van der Waals surface area (Å²) in [5, 5.41) is 3.03. The zero-order chi connectivity index (χ0) is 14.8. The maximum Gasteiger partial charge on any atom is 0.227 e. The van der Waals surface area contributed by atoms with Crippen LogP contribution in [0.4, 0.5) is 5.69 Å². The van der Waals surface area contributed by atoms with E-state index in [1.165, 1.54) is 0 Å². The van der Waals surface area contributed by atoms with Gasteiger partial charge in [-0.1, -0.05) is 18.6 Å². The molecular weight excluding hydrogens is 250 g/mol. The number of nitrogens with one attached hydrogen (secondary N) is 1. The molecule has 0 aliphatic heterocycles. The maximum atomic E-state index is 12.3. The summed E-state index contributed by atoms with van der Waals surface area (Å²) in [7, 11) is 4.03. The van der Waals surface area contributed by atoms with Crippen molar-refractivity contribution in [2.24, 2.45) is 11.1 Å². The summed E-state index contributed by atoms with van der Waals surface area (Å²) in [6.45, 7) is 2.55. The molecule has 2 rings (SSSR count). The highest BCUT2D eigenvalue weighted by atomic mass is 16.2. The largest absolute Gasteiger partial charge is 0.378 e. The van der Waals surface area contributed by atoms with Gasteiger partial charge in [0.1, 0.15) is 0 Å². The summed E-state index contributed by atoms with van der Waals surface area (Å²) in [4.78, 5) is 14.4. The average Bonchev–Trinajstić information content (AvgIpc) is 2.77. The van der Waals surface area contributed by atoms with Gasteiger partial charge in [-0.05, 0) is 37.5 Å². The van der Waals surface area contributed by atoms with Crippen molar-refractivity contribution < 1.29 is 4.79 Å². The summed E-state index contributed by atoms with van der Waals surface area (Å²) in [5.74, 6) is 0.0826. The van der Waals surface area contributed by atoms with Gasteiger partial charge < -0.3 is 16.0 Å². The third kappa shape index (κ3) is 2.96. The first-order valence-electron chi connectivity index (χ1n) is 7.23. The Bertz CT molecular complexity index is 469. The molecule has 2 unspecified atom stereocenters. The van der Waals surface area contributed by atoms with E-state index < -0.39 is 5.41 Å². The van der Waals surface area contributed by atoms with E-state index in [1.54, 1.807) is 0 Å². The highest BCUT2D eigenvalue weighted by molar-refractivity contribution is 5.83. The van der Waals surface area contributed by atoms with Crippen LogP contribution in [0.1, 0.15) is 31.7 Å². The first-order chi connectivity index (χ1) is 9.43. The lowest BCUT2D eigenvalue weighted by atomic mass is 9.84. The highest BCUT2D eigenvalue weighted by Gasteiger charge is 2.42. The first kappa shape index (κ1) is 14.9. The van der Waals surface area contributed by atoms with E-state index in [4.69, 9.17) is 5.73 Å². The number of nitrogens with two attached hydrogens (primary N) is 1. The monoisotopic (exact) mass is 275 g/mol. The van der Waals surface area contributed by atoms with Crippen molar-refractivity contribution in [1.29, 1.82) is 0 Å². The number of hydrogen-bond acceptors (Lipinski definition) is 3.